The monoisotopic (exact) mass is 276 g/mol. The fourth-order valence-electron chi connectivity index (χ4n) is 2.42. The number of H-pyrrole nitrogens is 1. The largest absolute Gasteiger partial charge is 0.481 e. The Bertz CT molecular complexity index is 689. The number of likely N-dealkylation sites (tertiary alicyclic amines) is 1. The van der Waals surface area contributed by atoms with Gasteiger partial charge in [0.2, 0.25) is 5.91 Å². The first-order valence-electron chi connectivity index (χ1n) is 6.30. The van der Waals surface area contributed by atoms with E-state index in [4.69, 9.17) is 5.11 Å². The summed E-state index contributed by atoms with van der Waals surface area (Å²) in [5.41, 5.74) is 1.45. The number of rotatable bonds is 3. The number of carbonyl (C=O) groups is 2. The van der Waals surface area contributed by atoms with E-state index in [-0.39, 0.29) is 31.2 Å². The molecule has 0 aliphatic carbocycles. The number of aromatic nitrogens is 1. The predicted octanol–water partition coefficient (Wildman–Crippen LogP) is 1.39. The van der Waals surface area contributed by atoms with E-state index in [0.29, 0.717) is 5.52 Å². The van der Waals surface area contributed by atoms with Crippen LogP contribution in [0.1, 0.15) is 5.56 Å². The number of amides is 1. The zero-order chi connectivity index (χ0) is 14.3. The molecule has 0 atom stereocenters. The minimum atomic E-state index is -0.864. The smallest absolute Gasteiger partial charge is 0.310 e. The predicted molar refractivity (Wildman–Crippen MR) is 69.7 cm³/mol. The number of nitrogens with zero attached hydrogens (tertiary/aromatic N) is 1. The van der Waals surface area contributed by atoms with Gasteiger partial charge in [-0.05, 0) is 23.8 Å². The summed E-state index contributed by atoms with van der Waals surface area (Å²) >= 11 is 0. The summed E-state index contributed by atoms with van der Waals surface area (Å²) in [4.78, 5) is 27.2. The second-order valence-corrected chi connectivity index (χ2v) is 5.01. The van der Waals surface area contributed by atoms with E-state index in [2.05, 4.69) is 4.98 Å². The molecule has 104 valence electrons. The van der Waals surface area contributed by atoms with Crippen molar-refractivity contribution in [2.24, 2.45) is 5.92 Å². The molecule has 2 N–H and O–H groups in total. The Morgan fingerprint density at radius 1 is 1.40 bits per heavy atom. The first-order valence-corrected chi connectivity index (χ1v) is 6.30. The van der Waals surface area contributed by atoms with Gasteiger partial charge < -0.3 is 15.0 Å². The molecule has 0 bridgehead atoms. The summed E-state index contributed by atoms with van der Waals surface area (Å²) in [7, 11) is 0. The van der Waals surface area contributed by atoms with Gasteiger partial charge in [-0.15, -0.1) is 0 Å². The number of aliphatic carboxylic acids is 1. The van der Waals surface area contributed by atoms with Gasteiger partial charge >= 0.3 is 5.97 Å². The van der Waals surface area contributed by atoms with Crippen molar-refractivity contribution in [1.82, 2.24) is 9.88 Å². The maximum atomic E-state index is 13.1. The summed E-state index contributed by atoms with van der Waals surface area (Å²) in [6.45, 7) is 0.538. The summed E-state index contributed by atoms with van der Waals surface area (Å²) in [6.07, 6.45) is 1.88. The number of benzene rings is 1. The molecular formula is C14H13FN2O3. The Kier molecular flexibility index (Phi) is 2.93. The molecule has 1 aliphatic heterocycles. The summed E-state index contributed by atoms with van der Waals surface area (Å²) in [5.74, 6) is -1.75. The van der Waals surface area contributed by atoms with Gasteiger partial charge in [0.1, 0.15) is 5.82 Å². The number of hydrogen-bond donors (Lipinski definition) is 2. The van der Waals surface area contributed by atoms with Crippen molar-refractivity contribution in [3.63, 3.8) is 0 Å². The van der Waals surface area contributed by atoms with Crippen LogP contribution in [-0.2, 0) is 16.0 Å². The van der Waals surface area contributed by atoms with Crippen molar-refractivity contribution in [1.29, 1.82) is 0 Å². The van der Waals surface area contributed by atoms with Crippen molar-refractivity contribution in [3.05, 3.63) is 35.8 Å². The number of aromatic amines is 1. The van der Waals surface area contributed by atoms with Crippen LogP contribution in [0.25, 0.3) is 10.9 Å². The fourth-order valence-corrected chi connectivity index (χ4v) is 2.42. The molecular weight excluding hydrogens is 263 g/mol. The Hall–Kier alpha value is -2.37. The van der Waals surface area contributed by atoms with Crippen molar-refractivity contribution >= 4 is 22.8 Å². The molecule has 20 heavy (non-hydrogen) atoms. The van der Waals surface area contributed by atoms with Crippen molar-refractivity contribution < 1.29 is 19.1 Å². The molecule has 2 heterocycles. The van der Waals surface area contributed by atoms with Crippen LogP contribution < -0.4 is 0 Å². The minimum Gasteiger partial charge on any atom is -0.481 e. The first-order chi connectivity index (χ1) is 9.54. The van der Waals surface area contributed by atoms with Crippen LogP contribution in [0.3, 0.4) is 0 Å². The zero-order valence-corrected chi connectivity index (χ0v) is 10.6. The maximum Gasteiger partial charge on any atom is 0.310 e. The third-order valence-corrected chi connectivity index (χ3v) is 3.65. The average molecular weight is 276 g/mol. The summed E-state index contributed by atoms with van der Waals surface area (Å²) in [5, 5.41) is 9.59. The zero-order valence-electron chi connectivity index (χ0n) is 10.6. The van der Waals surface area contributed by atoms with Crippen LogP contribution >= 0.6 is 0 Å². The Morgan fingerprint density at radius 2 is 2.15 bits per heavy atom. The van der Waals surface area contributed by atoms with E-state index >= 15 is 0 Å². The van der Waals surface area contributed by atoms with Crippen molar-refractivity contribution in [2.75, 3.05) is 13.1 Å². The minimum absolute atomic E-state index is 0.104. The Balaban J connectivity index is 1.71. The van der Waals surface area contributed by atoms with Crippen molar-refractivity contribution in [3.8, 4) is 0 Å². The lowest BCUT2D eigenvalue weighted by atomic mass is 9.99. The second kappa shape index (κ2) is 4.63. The van der Waals surface area contributed by atoms with Gasteiger partial charge in [0.25, 0.3) is 0 Å². The number of fused-ring (bicyclic) bond motifs is 1. The van der Waals surface area contributed by atoms with Crippen molar-refractivity contribution in [2.45, 2.75) is 6.42 Å². The molecule has 1 aromatic carbocycles. The lowest BCUT2D eigenvalue weighted by Gasteiger charge is -2.36. The molecule has 0 saturated carbocycles. The first kappa shape index (κ1) is 12.7. The number of carboxylic acids is 1. The van der Waals surface area contributed by atoms with Gasteiger partial charge in [-0.1, -0.05) is 0 Å². The Labute approximate surface area is 114 Å². The van der Waals surface area contributed by atoms with Gasteiger partial charge in [-0.3, -0.25) is 9.59 Å². The standard InChI is InChI=1S/C14H13FN2O3/c15-10-1-2-11-8(5-16-12(11)4-10)3-13(18)17-6-9(7-17)14(19)20/h1-2,4-5,9,16H,3,6-7H2,(H,19,20). The highest BCUT2D eigenvalue weighted by molar-refractivity contribution is 5.89. The van der Waals surface area contributed by atoms with Crippen LogP contribution in [0.2, 0.25) is 0 Å². The normalized spacial score (nSPS) is 15.3. The molecule has 1 saturated heterocycles. The highest BCUT2D eigenvalue weighted by Crippen LogP contribution is 2.22. The van der Waals surface area contributed by atoms with Gasteiger partial charge in [0.15, 0.2) is 0 Å². The van der Waals surface area contributed by atoms with Crippen LogP contribution in [-0.4, -0.2) is 40.0 Å². The summed E-state index contributed by atoms with van der Waals surface area (Å²) in [6, 6.07) is 4.38. The van der Waals surface area contributed by atoms with Gasteiger partial charge in [-0.2, -0.15) is 0 Å². The average Bonchev–Trinajstić information content (AvgIpc) is 2.69. The van der Waals surface area contributed by atoms with E-state index in [9.17, 15) is 14.0 Å². The van der Waals surface area contributed by atoms with E-state index in [1.54, 1.807) is 12.3 Å². The Morgan fingerprint density at radius 3 is 2.85 bits per heavy atom. The topological polar surface area (TPSA) is 73.4 Å². The third kappa shape index (κ3) is 2.13. The highest BCUT2D eigenvalue weighted by atomic mass is 19.1. The number of nitrogens with one attached hydrogen (secondary N) is 1. The van der Waals surface area contributed by atoms with E-state index < -0.39 is 11.9 Å². The van der Waals surface area contributed by atoms with Crippen LogP contribution in [0.5, 0.6) is 0 Å². The molecule has 1 amide bonds. The molecule has 6 heteroatoms. The molecule has 1 aromatic heterocycles. The van der Waals surface area contributed by atoms with E-state index in [0.717, 1.165) is 10.9 Å². The SMILES string of the molecule is O=C(O)C1CN(C(=O)Cc2c[nH]c3cc(F)ccc23)C1. The fraction of sp³-hybridized carbons (Fsp3) is 0.286. The van der Waals surface area contributed by atoms with Gasteiger partial charge in [0.05, 0.1) is 12.3 Å². The highest BCUT2D eigenvalue weighted by Gasteiger charge is 2.35. The molecule has 5 nitrogen and oxygen atoms in total. The molecule has 0 spiro atoms. The van der Waals surface area contributed by atoms with Crippen LogP contribution in [0.15, 0.2) is 24.4 Å². The molecule has 1 aliphatic rings. The third-order valence-electron chi connectivity index (χ3n) is 3.65. The van der Waals surface area contributed by atoms with Gasteiger partial charge in [0, 0.05) is 30.2 Å². The van der Waals surface area contributed by atoms with E-state index in [1.807, 2.05) is 0 Å². The summed E-state index contributed by atoms with van der Waals surface area (Å²) < 4.78 is 13.1. The molecule has 3 rings (SSSR count). The number of halogens is 1. The van der Waals surface area contributed by atoms with Crippen LogP contribution in [0.4, 0.5) is 4.39 Å². The number of hydrogen-bond acceptors (Lipinski definition) is 2. The molecule has 0 radical (unpaired) electrons. The number of carbonyl (C=O) groups excluding carboxylic acids is 1. The molecule has 0 unspecified atom stereocenters. The van der Waals surface area contributed by atoms with Crippen LogP contribution in [0, 0.1) is 11.7 Å². The molecule has 2 aromatic rings. The lowest BCUT2D eigenvalue weighted by Crippen LogP contribution is -2.53. The van der Waals surface area contributed by atoms with Gasteiger partial charge in [-0.25, -0.2) is 4.39 Å². The van der Waals surface area contributed by atoms with E-state index in [1.165, 1.54) is 17.0 Å². The number of carboxylic acid groups (broad SMARTS) is 1. The second-order valence-electron chi connectivity index (χ2n) is 5.01. The maximum absolute atomic E-state index is 13.1. The quantitative estimate of drug-likeness (QED) is 0.889. The molecule has 1 fully saturated rings. The lowest BCUT2D eigenvalue weighted by molar-refractivity contribution is -0.152.